The van der Waals surface area contributed by atoms with Crippen molar-refractivity contribution in [2.45, 2.75) is 19.5 Å². The molecule has 0 saturated carbocycles. The molecule has 0 aliphatic carbocycles. The summed E-state index contributed by atoms with van der Waals surface area (Å²) in [6.07, 6.45) is 0. The number of carboxylic acid groups (broad SMARTS) is 1. The molecular formula is C12H17NO3. The standard InChI is InChI=1S/C12H17NO3/c1-9(12(14)15)13(2)8-10-4-6-11(16-3)7-5-10/h4-7,9H,8H2,1-3H3,(H,14,15). The molecule has 0 amide bonds. The first kappa shape index (κ1) is 12.5. The minimum atomic E-state index is -0.809. The number of carboxylic acids is 1. The monoisotopic (exact) mass is 223 g/mol. The van der Waals surface area contributed by atoms with E-state index in [1.54, 1.807) is 26.0 Å². The smallest absolute Gasteiger partial charge is 0.320 e. The van der Waals surface area contributed by atoms with E-state index < -0.39 is 12.0 Å². The Labute approximate surface area is 95.5 Å². The number of benzene rings is 1. The zero-order valence-corrected chi connectivity index (χ0v) is 9.80. The third-order valence-electron chi connectivity index (χ3n) is 2.61. The van der Waals surface area contributed by atoms with E-state index in [-0.39, 0.29) is 0 Å². The average molecular weight is 223 g/mol. The highest BCUT2D eigenvalue weighted by atomic mass is 16.5. The van der Waals surface area contributed by atoms with Crippen molar-refractivity contribution in [3.8, 4) is 5.75 Å². The predicted octanol–water partition coefficient (Wildman–Crippen LogP) is 1.60. The summed E-state index contributed by atoms with van der Waals surface area (Å²) < 4.78 is 5.05. The lowest BCUT2D eigenvalue weighted by atomic mass is 10.2. The molecule has 1 aromatic rings. The molecule has 4 nitrogen and oxygen atoms in total. The summed E-state index contributed by atoms with van der Waals surface area (Å²) in [5, 5.41) is 8.85. The summed E-state index contributed by atoms with van der Waals surface area (Å²) in [5.74, 6) is -0.00584. The van der Waals surface area contributed by atoms with E-state index in [0.29, 0.717) is 6.54 Å². The minimum absolute atomic E-state index is 0.484. The normalized spacial score (nSPS) is 12.5. The van der Waals surface area contributed by atoms with E-state index in [9.17, 15) is 4.79 Å². The van der Waals surface area contributed by atoms with E-state index in [4.69, 9.17) is 9.84 Å². The van der Waals surface area contributed by atoms with Gasteiger partial charge in [-0.2, -0.15) is 0 Å². The van der Waals surface area contributed by atoms with Gasteiger partial charge in [-0.25, -0.2) is 0 Å². The molecule has 1 atom stereocenters. The van der Waals surface area contributed by atoms with Crippen molar-refractivity contribution in [2.24, 2.45) is 0 Å². The van der Waals surface area contributed by atoms with Crippen LogP contribution in [0.2, 0.25) is 0 Å². The fourth-order valence-corrected chi connectivity index (χ4v) is 1.34. The van der Waals surface area contributed by atoms with Crippen molar-refractivity contribution in [3.63, 3.8) is 0 Å². The van der Waals surface area contributed by atoms with Gasteiger partial charge >= 0.3 is 5.97 Å². The number of methoxy groups -OCH3 is 1. The SMILES string of the molecule is COc1ccc(CN(C)C(C)C(=O)O)cc1. The topological polar surface area (TPSA) is 49.8 Å². The summed E-state index contributed by atoms with van der Waals surface area (Å²) >= 11 is 0. The van der Waals surface area contributed by atoms with Gasteiger partial charge in [-0.05, 0) is 31.7 Å². The van der Waals surface area contributed by atoms with E-state index in [1.807, 2.05) is 24.3 Å². The second kappa shape index (κ2) is 5.51. The third-order valence-corrected chi connectivity index (χ3v) is 2.61. The number of nitrogens with zero attached hydrogens (tertiary/aromatic N) is 1. The highest BCUT2D eigenvalue weighted by molar-refractivity contribution is 5.72. The largest absolute Gasteiger partial charge is 0.497 e. The Morgan fingerprint density at radius 2 is 2.00 bits per heavy atom. The number of likely N-dealkylation sites (N-methyl/N-ethyl adjacent to an activating group) is 1. The minimum Gasteiger partial charge on any atom is -0.497 e. The van der Waals surface area contributed by atoms with Crippen molar-refractivity contribution in [1.82, 2.24) is 4.90 Å². The lowest BCUT2D eigenvalue weighted by Crippen LogP contribution is -2.35. The van der Waals surface area contributed by atoms with Crippen LogP contribution in [0.25, 0.3) is 0 Å². The van der Waals surface area contributed by atoms with Crippen LogP contribution in [0.1, 0.15) is 12.5 Å². The summed E-state index contributed by atoms with van der Waals surface area (Å²) in [5.41, 5.74) is 1.07. The van der Waals surface area contributed by atoms with Crippen molar-refractivity contribution in [3.05, 3.63) is 29.8 Å². The molecule has 1 N–H and O–H groups in total. The molecule has 0 radical (unpaired) electrons. The number of ether oxygens (including phenoxy) is 1. The van der Waals surface area contributed by atoms with Gasteiger partial charge in [0.05, 0.1) is 7.11 Å². The molecule has 0 aliphatic rings. The van der Waals surface area contributed by atoms with E-state index >= 15 is 0 Å². The first-order chi connectivity index (χ1) is 7.54. The van der Waals surface area contributed by atoms with Crippen molar-refractivity contribution < 1.29 is 14.6 Å². The second-order valence-electron chi connectivity index (χ2n) is 3.78. The van der Waals surface area contributed by atoms with Crippen LogP contribution in [-0.2, 0) is 11.3 Å². The Balaban J connectivity index is 2.62. The van der Waals surface area contributed by atoms with Gasteiger partial charge in [-0.15, -0.1) is 0 Å². The number of rotatable bonds is 5. The number of aliphatic carboxylic acids is 1. The Bertz CT molecular complexity index is 348. The molecule has 0 fully saturated rings. The lowest BCUT2D eigenvalue weighted by Gasteiger charge is -2.21. The zero-order chi connectivity index (χ0) is 12.1. The van der Waals surface area contributed by atoms with Gasteiger partial charge in [-0.3, -0.25) is 9.69 Å². The molecule has 1 aromatic carbocycles. The molecular weight excluding hydrogens is 206 g/mol. The highest BCUT2D eigenvalue weighted by Gasteiger charge is 2.16. The third kappa shape index (κ3) is 3.24. The fourth-order valence-electron chi connectivity index (χ4n) is 1.34. The summed E-state index contributed by atoms with van der Waals surface area (Å²) in [4.78, 5) is 12.6. The molecule has 0 heterocycles. The molecule has 16 heavy (non-hydrogen) atoms. The van der Waals surface area contributed by atoms with Crippen LogP contribution in [-0.4, -0.2) is 36.2 Å². The molecule has 1 unspecified atom stereocenters. The Hall–Kier alpha value is -1.55. The van der Waals surface area contributed by atoms with Crippen LogP contribution >= 0.6 is 0 Å². The van der Waals surface area contributed by atoms with Crippen LogP contribution in [0.15, 0.2) is 24.3 Å². The second-order valence-corrected chi connectivity index (χ2v) is 3.78. The van der Waals surface area contributed by atoms with Crippen molar-refractivity contribution in [2.75, 3.05) is 14.2 Å². The maximum atomic E-state index is 10.8. The molecule has 0 aromatic heterocycles. The molecule has 1 rings (SSSR count). The number of hydrogen-bond donors (Lipinski definition) is 1. The molecule has 4 heteroatoms. The van der Waals surface area contributed by atoms with Gasteiger partial charge < -0.3 is 9.84 Å². The van der Waals surface area contributed by atoms with Crippen LogP contribution in [0.3, 0.4) is 0 Å². The number of hydrogen-bond acceptors (Lipinski definition) is 3. The van der Waals surface area contributed by atoms with Gasteiger partial charge in [0.15, 0.2) is 0 Å². The van der Waals surface area contributed by atoms with E-state index in [1.165, 1.54) is 0 Å². The maximum Gasteiger partial charge on any atom is 0.320 e. The Kier molecular flexibility index (Phi) is 4.31. The first-order valence-electron chi connectivity index (χ1n) is 5.10. The van der Waals surface area contributed by atoms with Crippen molar-refractivity contribution >= 4 is 5.97 Å². The first-order valence-corrected chi connectivity index (χ1v) is 5.10. The van der Waals surface area contributed by atoms with Gasteiger partial charge in [-0.1, -0.05) is 12.1 Å². The lowest BCUT2D eigenvalue weighted by molar-refractivity contribution is -0.142. The highest BCUT2D eigenvalue weighted by Crippen LogP contribution is 2.13. The van der Waals surface area contributed by atoms with Gasteiger partial charge in [0.25, 0.3) is 0 Å². The molecule has 88 valence electrons. The molecule has 0 saturated heterocycles. The number of carbonyl (C=O) groups is 1. The summed E-state index contributed by atoms with van der Waals surface area (Å²) in [6.45, 7) is 2.28. The van der Waals surface area contributed by atoms with Crippen LogP contribution < -0.4 is 4.74 Å². The van der Waals surface area contributed by atoms with Gasteiger partial charge in [0.2, 0.25) is 0 Å². The van der Waals surface area contributed by atoms with Crippen LogP contribution in [0, 0.1) is 0 Å². The quantitative estimate of drug-likeness (QED) is 0.823. The van der Waals surface area contributed by atoms with Crippen molar-refractivity contribution in [1.29, 1.82) is 0 Å². The molecule has 0 spiro atoms. The molecule has 0 bridgehead atoms. The predicted molar refractivity (Wildman–Crippen MR) is 61.6 cm³/mol. The molecule has 0 aliphatic heterocycles. The van der Waals surface area contributed by atoms with Crippen LogP contribution in [0.5, 0.6) is 5.75 Å². The fraction of sp³-hybridized carbons (Fsp3) is 0.417. The van der Waals surface area contributed by atoms with Gasteiger partial charge in [0, 0.05) is 6.54 Å². The summed E-state index contributed by atoms with van der Waals surface area (Å²) in [6, 6.07) is 7.12. The summed E-state index contributed by atoms with van der Waals surface area (Å²) in [7, 11) is 3.41. The average Bonchev–Trinajstić information content (AvgIpc) is 2.28. The maximum absolute atomic E-state index is 10.8. The van der Waals surface area contributed by atoms with E-state index in [2.05, 4.69) is 0 Å². The van der Waals surface area contributed by atoms with Gasteiger partial charge in [0.1, 0.15) is 11.8 Å². The Morgan fingerprint density at radius 1 is 1.44 bits per heavy atom. The van der Waals surface area contributed by atoms with Crippen LogP contribution in [0.4, 0.5) is 0 Å². The van der Waals surface area contributed by atoms with E-state index in [0.717, 1.165) is 11.3 Å². The Morgan fingerprint density at radius 3 is 2.44 bits per heavy atom. The zero-order valence-electron chi connectivity index (χ0n) is 9.80.